The number of rotatable bonds is 7. The van der Waals surface area contributed by atoms with Gasteiger partial charge in [-0.3, -0.25) is 4.90 Å². The number of hydrogen-bond acceptors (Lipinski definition) is 9. The fourth-order valence-corrected chi connectivity index (χ4v) is 5.08. The van der Waals surface area contributed by atoms with Gasteiger partial charge in [0.15, 0.2) is 0 Å². The van der Waals surface area contributed by atoms with Gasteiger partial charge in [0, 0.05) is 49.0 Å². The zero-order valence-corrected chi connectivity index (χ0v) is 21.7. The first kappa shape index (κ1) is 25.6. The Morgan fingerprint density at radius 2 is 1.95 bits per heavy atom. The van der Waals surface area contributed by atoms with Crippen LogP contribution in [0.3, 0.4) is 0 Å². The summed E-state index contributed by atoms with van der Waals surface area (Å²) in [6.07, 6.45) is 2.47. The van der Waals surface area contributed by atoms with Crippen LogP contribution >= 0.6 is 0 Å². The van der Waals surface area contributed by atoms with Gasteiger partial charge in [0.1, 0.15) is 6.07 Å². The molecule has 0 aliphatic carbocycles. The van der Waals surface area contributed by atoms with Gasteiger partial charge in [-0.1, -0.05) is 13.0 Å². The van der Waals surface area contributed by atoms with Crippen molar-refractivity contribution in [1.29, 1.82) is 10.5 Å². The number of morpholine rings is 1. The summed E-state index contributed by atoms with van der Waals surface area (Å²) >= 11 is 0. The molecule has 3 aromatic rings. The fourth-order valence-electron chi connectivity index (χ4n) is 5.08. The number of nitriles is 2. The first-order chi connectivity index (χ1) is 18.4. The van der Waals surface area contributed by atoms with Gasteiger partial charge in [-0.05, 0) is 54.3 Å². The molecular weight excluding hydrogens is 478 g/mol. The molecule has 1 atom stereocenters. The largest absolute Gasteiger partial charge is 0.395 e. The van der Waals surface area contributed by atoms with Gasteiger partial charge in [-0.25, -0.2) is 9.97 Å². The summed E-state index contributed by atoms with van der Waals surface area (Å²) in [4.78, 5) is 11.5. The molecule has 5 rings (SSSR count). The van der Waals surface area contributed by atoms with Gasteiger partial charge in [-0.2, -0.15) is 10.5 Å². The number of aliphatic hydroxyl groups excluding tert-OH is 1. The number of aromatic nitrogens is 2. The Morgan fingerprint density at radius 1 is 1.16 bits per heavy atom. The number of benzene rings is 2. The van der Waals surface area contributed by atoms with Crippen LogP contribution in [0.4, 0.5) is 17.3 Å². The monoisotopic (exact) mass is 509 g/mol. The Hall–Kier alpha value is -4.02. The Kier molecular flexibility index (Phi) is 7.26. The van der Waals surface area contributed by atoms with Crippen LogP contribution in [0.15, 0.2) is 36.5 Å². The predicted octanol–water partition coefficient (Wildman–Crippen LogP) is 3.49. The quantitative estimate of drug-likeness (QED) is 0.438. The highest BCUT2D eigenvalue weighted by molar-refractivity contribution is 5.76. The van der Waals surface area contributed by atoms with Crippen molar-refractivity contribution in [1.82, 2.24) is 14.9 Å². The minimum absolute atomic E-state index is 0.0269. The third kappa shape index (κ3) is 5.05. The van der Waals surface area contributed by atoms with E-state index in [-0.39, 0.29) is 6.61 Å². The van der Waals surface area contributed by atoms with Crippen LogP contribution in [0.1, 0.15) is 34.7 Å². The van der Waals surface area contributed by atoms with Crippen LogP contribution in [-0.4, -0.2) is 66.0 Å². The van der Waals surface area contributed by atoms with Gasteiger partial charge in [0.05, 0.1) is 48.4 Å². The van der Waals surface area contributed by atoms with Gasteiger partial charge >= 0.3 is 0 Å². The second-order valence-electron chi connectivity index (χ2n) is 10.2. The van der Waals surface area contributed by atoms with E-state index >= 15 is 0 Å². The second-order valence-corrected chi connectivity index (χ2v) is 10.2. The Bertz CT molecular complexity index is 1440. The Balaban J connectivity index is 1.40. The Labute approximate surface area is 222 Å². The van der Waals surface area contributed by atoms with E-state index in [0.29, 0.717) is 29.3 Å². The van der Waals surface area contributed by atoms with E-state index < -0.39 is 5.41 Å². The lowest BCUT2D eigenvalue weighted by Gasteiger charge is -2.26. The van der Waals surface area contributed by atoms with Crippen LogP contribution < -0.4 is 10.6 Å². The standard InChI is InChI=1S/C29H31N7O2/c1-19-11-20(4-6-36-7-9-38-10-8-36)22(15-30)14-26(19)35-28-32-5-3-25(34-28)21-12-23(16-31)27-24(13-21)29(2,18-37)17-33-27/h3,5,11-14,33,37H,4,6-10,17-18H2,1-2H3,(H,32,34,35)/t29-/m0/s1. The van der Waals surface area contributed by atoms with E-state index in [4.69, 9.17) is 9.72 Å². The molecule has 1 saturated heterocycles. The number of nitrogens with one attached hydrogen (secondary N) is 2. The highest BCUT2D eigenvalue weighted by Crippen LogP contribution is 2.41. The topological polar surface area (TPSA) is 130 Å². The summed E-state index contributed by atoms with van der Waals surface area (Å²) in [6, 6.07) is 14.1. The lowest BCUT2D eigenvalue weighted by molar-refractivity contribution is 0.0384. The molecule has 1 fully saturated rings. The SMILES string of the molecule is Cc1cc(CCN2CCOCC2)c(C#N)cc1Nc1nccc(-c2cc(C#N)c3c(c2)[C@](C)(CO)CN3)n1. The second kappa shape index (κ2) is 10.8. The van der Waals surface area contributed by atoms with Crippen LogP contribution in [0.25, 0.3) is 11.3 Å². The molecule has 38 heavy (non-hydrogen) atoms. The summed E-state index contributed by atoms with van der Waals surface area (Å²) in [7, 11) is 0. The smallest absolute Gasteiger partial charge is 0.227 e. The molecule has 0 amide bonds. The average molecular weight is 510 g/mol. The van der Waals surface area contributed by atoms with Crippen molar-refractivity contribution >= 4 is 17.3 Å². The zero-order valence-electron chi connectivity index (χ0n) is 21.7. The molecule has 0 radical (unpaired) electrons. The van der Waals surface area contributed by atoms with E-state index in [1.165, 1.54) is 0 Å². The lowest BCUT2D eigenvalue weighted by atomic mass is 9.83. The number of aryl methyl sites for hydroxylation is 1. The van der Waals surface area contributed by atoms with Crippen molar-refractivity contribution in [2.45, 2.75) is 25.7 Å². The van der Waals surface area contributed by atoms with Gasteiger partial charge in [0.25, 0.3) is 0 Å². The summed E-state index contributed by atoms with van der Waals surface area (Å²) < 4.78 is 5.43. The highest BCUT2D eigenvalue weighted by Gasteiger charge is 2.36. The molecule has 0 spiro atoms. The summed E-state index contributed by atoms with van der Waals surface area (Å²) in [5.41, 5.74) is 6.61. The van der Waals surface area contributed by atoms with Crippen molar-refractivity contribution in [3.05, 3.63) is 64.3 Å². The number of aliphatic hydroxyl groups is 1. The molecule has 1 aromatic heterocycles. The number of nitrogens with zero attached hydrogens (tertiary/aromatic N) is 5. The summed E-state index contributed by atoms with van der Waals surface area (Å²) in [6.45, 7) is 8.77. The molecule has 9 nitrogen and oxygen atoms in total. The predicted molar refractivity (Wildman–Crippen MR) is 145 cm³/mol. The molecule has 9 heteroatoms. The maximum Gasteiger partial charge on any atom is 0.227 e. The number of fused-ring (bicyclic) bond motifs is 1. The molecule has 194 valence electrons. The van der Waals surface area contributed by atoms with Gasteiger partial charge < -0.3 is 20.5 Å². The molecule has 2 aliphatic heterocycles. The first-order valence-corrected chi connectivity index (χ1v) is 12.8. The van der Waals surface area contributed by atoms with E-state index in [1.807, 2.05) is 32.0 Å². The van der Waals surface area contributed by atoms with Gasteiger partial charge in [0.2, 0.25) is 5.95 Å². The maximum atomic E-state index is 10.0. The minimum Gasteiger partial charge on any atom is -0.395 e. The van der Waals surface area contributed by atoms with Crippen molar-refractivity contribution < 1.29 is 9.84 Å². The molecule has 3 N–H and O–H groups in total. The zero-order chi connectivity index (χ0) is 26.7. The normalized spacial score (nSPS) is 18.8. The van der Waals surface area contributed by atoms with Crippen LogP contribution in [0.5, 0.6) is 0 Å². The highest BCUT2D eigenvalue weighted by atomic mass is 16.5. The Morgan fingerprint density at radius 3 is 2.68 bits per heavy atom. The molecule has 2 aliphatic rings. The van der Waals surface area contributed by atoms with Crippen molar-refractivity contribution in [3.63, 3.8) is 0 Å². The van der Waals surface area contributed by atoms with E-state index in [2.05, 4.69) is 38.7 Å². The first-order valence-electron chi connectivity index (χ1n) is 12.8. The molecule has 0 bridgehead atoms. The van der Waals surface area contributed by atoms with E-state index in [1.54, 1.807) is 12.3 Å². The van der Waals surface area contributed by atoms with Crippen LogP contribution in [-0.2, 0) is 16.6 Å². The molecule has 0 unspecified atom stereocenters. The average Bonchev–Trinajstić information content (AvgIpc) is 3.30. The van der Waals surface area contributed by atoms with E-state index in [0.717, 1.165) is 72.9 Å². The minimum atomic E-state index is -0.473. The number of anilines is 3. The third-order valence-corrected chi connectivity index (χ3v) is 7.48. The van der Waals surface area contributed by atoms with Crippen molar-refractivity contribution in [2.24, 2.45) is 0 Å². The van der Waals surface area contributed by atoms with Crippen molar-refractivity contribution in [2.75, 3.05) is 56.6 Å². The summed E-state index contributed by atoms with van der Waals surface area (Å²) in [5, 5.41) is 36.1. The maximum absolute atomic E-state index is 10.0. The third-order valence-electron chi connectivity index (χ3n) is 7.48. The van der Waals surface area contributed by atoms with Gasteiger partial charge in [-0.15, -0.1) is 0 Å². The molecule has 2 aromatic carbocycles. The fraction of sp³-hybridized carbons (Fsp3) is 0.379. The van der Waals surface area contributed by atoms with Crippen molar-refractivity contribution in [3.8, 4) is 23.4 Å². The number of ether oxygens (including phenoxy) is 1. The summed E-state index contributed by atoms with van der Waals surface area (Å²) in [5.74, 6) is 0.401. The number of hydrogen-bond donors (Lipinski definition) is 3. The lowest BCUT2D eigenvalue weighted by Crippen LogP contribution is -2.37. The van der Waals surface area contributed by atoms with Crippen LogP contribution in [0.2, 0.25) is 0 Å². The molecule has 3 heterocycles. The van der Waals surface area contributed by atoms with Crippen LogP contribution in [0, 0.1) is 29.6 Å². The van der Waals surface area contributed by atoms with E-state index in [9.17, 15) is 15.6 Å². The molecular formula is C29H31N7O2. The molecule has 0 saturated carbocycles.